The Balaban J connectivity index is 1.44. The zero-order chi connectivity index (χ0) is 23.0. The number of ether oxygens (including phenoxy) is 2. The number of hydrogen-bond acceptors (Lipinski definition) is 5. The lowest BCUT2D eigenvalue weighted by atomic mass is 10.1. The molecule has 0 spiro atoms. The fourth-order valence-corrected chi connectivity index (χ4v) is 4.43. The predicted molar refractivity (Wildman–Crippen MR) is 135 cm³/mol. The van der Waals surface area contributed by atoms with Crippen molar-refractivity contribution in [2.75, 3.05) is 11.9 Å². The number of amides is 1. The first kappa shape index (κ1) is 22.8. The third-order valence-corrected chi connectivity index (χ3v) is 6.22. The van der Waals surface area contributed by atoms with Gasteiger partial charge in [0.2, 0.25) is 0 Å². The van der Waals surface area contributed by atoms with Crippen LogP contribution in [-0.2, 0) is 17.8 Å². The Hall–Kier alpha value is -3.38. The number of aryl methyl sites for hydroxylation is 1. The van der Waals surface area contributed by atoms with Crippen LogP contribution in [0.25, 0.3) is 6.08 Å². The number of benzene rings is 3. The predicted octanol–water partition coefficient (Wildman–Crippen LogP) is 5.83. The third kappa shape index (κ3) is 6.11. The lowest BCUT2D eigenvalue weighted by molar-refractivity contribution is -0.116. The number of carbonyl (C=O) groups is 1. The van der Waals surface area contributed by atoms with E-state index in [9.17, 15) is 4.79 Å². The first-order valence-electron chi connectivity index (χ1n) is 11.1. The van der Waals surface area contributed by atoms with Crippen LogP contribution >= 0.6 is 11.8 Å². The summed E-state index contributed by atoms with van der Waals surface area (Å²) in [5.41, 5.74) is 4.02. The van der Waals surface area contributed by atoms with E-state index in [-0.39, 0.29) is 11.4 Å². The van der Waals surface area contributed by atoms with Crippen LogP contribution in [0.15, 0.2) is 77.7 Å². The molecule has 1 atom stereocenters. The first-order valence-corrected chi connectivity index (χ1v) is 12.0. The summed E-state index contributed by atoms with van der Waals surface area (Å²) in [7, 11) is 0. The number of carbonyl (C=O) groups excluding carboxylic acids is 1. The number of thioether (sulfide) groups is 1. The van der Waals surface area contributed by atoms with Gasteiger partial charge in [0.05, 0.1) is 11.5 Å². The summed E-state index contributed by atoms with van der Waals surface area (Å²) in [4.78, 5) is 13.2. The molecule has 0 aromatic heterocycles. The molecule has 0 bridgehead atoms. The summed E-state index contributed by atoms with van der Waals surface area (Å²) in [6, 6.07) is 24.0. The van der Waals surface area contributed by atoms with Crippen LogP contribution in [-0.4, -0.2) is 18.0 Å². The second-order valence-corrected chi connectivity index (χ2v) is 8.74. The molecule has 33 heavy (non-hydrogen) atoms. The Morgan fingerprint density at radius 3 is 2.45 bits per heavy atom. The minimum Gasteiger partial charge on any atom is -0.490 e. The van der Waals surface area contributed by atoms with Crippen molar-refractivity contribution in [2.45, 2.75) is 32.4 Å². The second-order valence-electron chi connectivity index (χ2n) is 7.59. The molecule has 1 heterocycles. The topological polar surface area (TPSA) is 59.6 Å². The Morgan fingerprint density at radius 1 is 0.939 bits per heavy atom. The zero-order valence-electron chi connectivity index (χ0n) is 18.8. The molecule has 0 unspecified atom stereocenters. The second kappa shape index (κ2) is 11.0. The fraction of sp³-hybridized carbons (Fsp3) is 0.222. The van der Waals surface area contributed by atoms with Crippen LogP contribution in [0.2, 0.25) is 0 Å². The molecule has 1 aliphatic heterocycles. The highest BCUT2D eigenvalue weighted by molar-refractivity contribution is 8.05. The van der Waals surface area contributed by atoms with Gasteiger partial charge in [0.25, 0.3) is 5.91 Å². The molecule has 0 saturated carbocycles. The lowest BCUT2D eigenvalue weighted by Gasteiger charge is -2.13. The van der Waals surface area contributed by atoms with Gasteiger partial charge in [-0.25, -0.2) is 0 Å². The number of hydrogen-bond donors (Lipinski definition) is 2. The average molecular weight is 461 g/mol. The van der Waals surface area contributed by atoms with Gasteiger partial charge >= 0.3 is 0 Å². The van der Waals surface area contributed by atoms with Gasteiger partial charge in [-0.1, -0.05) is 67.2 Å². The standard InChI is InChI=1S/C27H28N2O3S/c1-3-19-10-13-22(14-11-19)28-27-29-26(30)25(33-27)17-21-12-15-23(24(16-21)31-4-2)32-18-20-8-6-5-7-9-20/h5-17,27-28H,3-4,18H2,1-2H3,(H,29,30)/b25-17-/t27-/m1/s1. The Labute approximate surface area is 199 Å². The highest BCUT2D eigenvalue weighted by Gasteiger charge is 2.27. The van der Waals surface area contributed by atoms with Crippen molar-refractivity contribution in [1.29, 1.82) is 0 Å². The molecular formula is C27H28N2O3S. The lowest BCUT2D eigenvalue weighted by Crippen LogP contribution is -2.30. The van der Waals surface area contributed by atoms with Crippen molar-refractivity contribution < 1.29 is 14.3 Å². The quantitative estimate of drug-likeness (QED) is 0.394. The Morgan fingerprint density at radius 2 is 1.73 bits per heavy atom. The minimum absolute atomic E-state index is 0.0926. The van der Waals surface area contributed by atoms with Crippen molar-refractivity contribution >= 4 is 29.4 Å². The molecular weight excluding hydrogens is 432 g/mol. The van der Waals surface area contributed by atoms with Gasteiger partial charge in [0.15, 0.2) is 17.0 Å². The van der Waals surface area contributed by atoms with Crippen molar-refractivity contribution in [3.8, 4) is 11.5 Å². The van der Waals surface area contributed by atoms with Gasteiger partial charge in [-0.3, -0.25) is 4.79 Å². The van der Waals surface area contributed by atoms with Crippen LogP contribution in [0.4, 0.5) is 5.69 Å². The largest absolute Gasteiger partial charge is 0.490 e. The maximum atomic E-state index is 12.5. The van der Waals surface area contributed by atoms with E-state index in [0.29, 0.717) is 29.6 Å². The molecule has 6 heteroatoms. The van der Waals surface area contributed by atoms with Gasteiger partial charge in [-0.05, 0) is 60.4 Å². The molecule has 2 N–H and O–H groups in total. The van der Waals surface area contributed by atoms with Gasteiger partial charge in [0, 0.05) is 5.69 Å². The van der Waals surface area contributed by atoms with Crippen LogP contribution < -0.4 is 20.1 Å². The molecule has 1 fully saturated rings. The van der Waals surface area contributed by atoms with Crippen molar-refractivity contribution in [3.63, 3.8) is 0 Å². The van der Waals surface area contributed by atoms with E-state index >= 15 is 0 Å². The third-order valence-electron chi connectivity index (χ3n) is 5.19. The fourth-order valence-electron chi connectivity index (χ4n) is 3.44. The molecule has 5 nitrogen and oxygen atoms in total. The van der Waals surface area contributed by atoms with Gasteiger partial charge < -0.3 is 20.1 Å². The first-order chi connectivity index (χ1) is 16.1. The summed E-state index contributed by atoms with van der Waals surface area (Å²) < 4.78 is 11.8. The van der Waals surface area contributed by atoms with Crippen molar-refractivity contribution in [2.24, 2.45) is 0 Å². The van der Waals surface area contributed by atoms with E-state index in [1.165, 1.54) is 17.3 Å². The summed E-state index contributed by atoms with van der Waals surface area (Å²) in [6.45, 7) is 5.06. The molecule has 1 saturated heterocycles. The van der Waals surface area contributed by atoms with Gasteiger partial charge in [-0.15, -0.1) is 0 Å². The van der Waals surface area contributed by atoms with Crippen molar-refractivity contribution in [1.82, 2.24) is 5.32 Å². The molecule has 0 radical (unpaired) electrons. The van der Waals surface area contributed by atoms with Gasteiger partial charge in [0.1, 0.15) is 6.61 Å². The monoisotopic (exact) mass is 460 g/mol. The number of rotatable bonds is 9. The van der Waals surface area contributed by atoms with E-state index in [4.69, 9.17) is 9.47 Å². The Kier molecular flexibility index (Phi) is 7.58. The van der Waals surface area contributed by atoms with E-state index < -0.39 is 0 Å². The molecule has 1 amide bonds. The van der Waals surface area contributed by atoms with Crippen LogP contribution in [0.1, 0.15) is 30.5 Å². The van der Waals surface area contributed by atoms with Crippen LogP contribution in [0, 0.1) is 0 Å². The van der Waals surface area contributed by atoms with E-state index in [0.717, 1.165) is 23.2 Å². The molecule has 3 aromatic carbocycles. The molecule has 170 valence electrons. The summed E-state index contributed by atoms with van der Waals surface area (Å²) in [5, 5.41) is 6.34. The number of nitrogens with one attached hydrogen (secondary N) is 2. The maximum Gasteiger partial charge on any atom is 0.260 e. The highest BCUT2D eigenvalue weighted by atomic mass is 32.2. The van der Waals surface area contributed by atoms with Gasteiger partial charge in [-0.2, -0.15) is 0 Å². The van der Waals surface area contributed by atoms with E-state index in [1.807, 2.05) is 73.7 Å². The van der Waals surface area contributed by atoms with Crippen LogP contribution in [0.5, 0.6) is 11.5 Å². The summed E-state index contributed by atoms with van der Waals surface area (Å²) in [5.74, 6) is 1.25. The van der Waals surface area contributed by atoms with E-state index in [1.54, 1.807) is 0 Å². The average Bonchev–Trinajstić information content (AvgIpc) is 3.18. The molecule has 1 aliphatic rings. The summed E-state index contributed by atoms with van der Waals surface area (Å²) >= 11 is 1.47. The Bertz CT molecular complexity index is 1110. The minimum atomic E-state index is -0.212. The highest BCUT2D eigenvalue weighted by Crippen LogP contribution is 2.34. The number of anilines is 1. The molecule has 4 rings (SSSR count). The molecule has 3 aromatic rings. The van der Waals surface area contributed by atoms with Crippen molar-refractivity contribution in [3.05, 3.63) is 94.4 Å². The zero-order valence-corrected chi connectivity index (χ0v) is 19.7. The van der Waals surface area contributed by atoms with E-state index in [2.05, 4.69) is 29.7 Å². The SMILES string of the molecule is CCOc1cc(/C=C2\S[C@H](Nc3ccc(CC)cc3)NC2=O)ccc1OCc1ccccc1. The maximum absolute atomic E-state index is 12.5. The van der Waals surface area contributed by atoms with Crippen LogP contribution in [0.3, 0.4) is 0 Å². The molecule has 0 aliphatic carbocycles. The normalized spacial score (nSPS) is 16.5. The summed E-state index contributed by atoms with van der Waals surface area (Å²) in [6.07, 6.45) is 2.88. The smallest absolute Gasteiger partial charge is 0.260 e.